The fourth-order valence-electron chi connectivity index (χ4n) is 1.38. The molecule has 0 aromatic heterocycles. The van der Waals surface area contributed by atoms with Gasteiger partial charge >= 0.3 is 11.9 Å². The first-order valence-electron chi connectivity index (χ1n) is 5.56. The quantitative estimate of drug-likeness (QED) is 0.366. The summed E-state index contributed by atoms with van der Waals surface area (Å²) in [6.07, 6.45) is 2.09. The predicted molar refractivity (Wildman–Crippen MR) is 71.7 cm³/mol. The Balaban J connectivity index is 3.45. The molecule has 1 aromatic rings. The molecule has 21 heavy (non-hydrogen) atoms. The number of phenols is 1. The van der Waals surface area contributed by atoms with Crippen LogP contribution >= 0.6 is 0 Å². The molecule has 0 fully saturated rings. The third-order valence-electron chi connectivity index (χ3n) is 2.28. The summed E-state index contributed by atoms with van der Waals surface area (Å²) in [5.74, 6) is -3.29. The Morgan fingerprint density at radius 3 is 2.19 bits per heavy atom. The lowest BCUT2D eigenvalue weighted by Gasteiger charge is -2.14. The number of ether oxygens (including phenoxy) is 3. The SMILES string of the molecule is C=CC(=O)Oc1cc(C=O)c(OC(=O)C=C)c(OC)c1O. The van der Waals surface area contributed by atoms with E-state index in [-0.39, 0.29) is 22.8 Å². The molecular weight excluding hydrogens is 280 g/mol. The summed E-state index contributed by atoms with van der Waals surface area (Å²) in [6, 6.07) is 1.03. The van der Waals surface area contributed by atoms with E-state index in [9.17, 15) is 19.5 Å². The third-order valence-corrected chi connectivity index (χ3v) is 2.28. The van der Waals surface area contributed by atoms with Crippen LogP contribution in [0.4, 0.5) is 0 Å². The second-order valence-corrected chi connectivity index (χ2v) is 3.54. The van der Waals surface area contributed by atoms with Crippen molar-refractivity contribution in [3.63, 3.8) is 0 Å². The summed E-state index contributed by atoms with van der Waals surface area (Å²) in [5.41, 5.74) is -0.160. The van der Waals surface area contributed by atoms with Crippen LogP contribution in [0.2, 0.25) is 0 Å². The van der Waals surface area contributed by atoms with Gasteiger partial charge in [-0.1, -0.05) is 13.2 Å². The zero-order valence-corrected chi connectivity index (χ0v) is 11.1. The molecule has 0 saturated carbocycles. The van der Waals surface area contributed by atoms with Gasteiger partial charge in [0.25, 0.3) is 0 Å². The molecular formula is C14H12O7. The second-order valence-electron chi connectivity index (χ2n) is 3.54. The number of phenolic OH excluding ortho intramolecular Hbond substituents is 1. The average Bonchev–Trinajstić information content (AvgIpc) is 2.49. The molecule has 0 amide bonds. The number of benzene rings is 1. The Morgan fingerprint density at radius 1 is 1.14 bits per heavy atom. The van der Waals surface area contributed by atoms with Crippen molar-refractivity contribution in [1.29, 1.82) is 0 Å². The highest BCUT2D eigenvalue weighted by Crippen LogP contribution is 2.45. The molecule has 0 radical (unpaired) electrons. The smallest absolute Gasteiger partial charge is 0.335 e. The van der Waals surface area contributed by atoms with Crippen LogP contribution in [0.3, 0.4) is 0 Å². The molecule has 1 rings (SSSR count). The number of carbonyl (C=O) groups is 3. The summed E-state index contributed by atoms with van der Waals surface area (Å²) in [5, 5.41) is 9.95. The van der Waals surface area contributed by atoms with Crippen LogP contribution in [0.25, 0.3) is 0 Å². The van der Waals surface area contributed by atoms with Crippen molar-refractivity contribution >= 4 is 18.2 Å². The van der Waals surface area contributed by atoms with Gasteiger partial charge in [-0.2, -0.15) is 0 Å². The van der Waals surface area contributed by atoms with Crippen LogP contribution in [0.5, 0.6) is 23.0 Å². The minimum atomic E-state index is -0.855. The highest BCUT2D eigenvalue weighted by Gasteiger charge is 2.23. The Bertz CT molecular complexity index is 616. The molecule has 0 aliphatic rings. The number of methoxy groups -OCH3 is 1. The number of aromatic hydroxyl groups is 1. The highest BCUT2D eigenvalue weighted by atomic mass is 16.6. The van der Waals surface area contributed by atoms with Crippen molar-refractivity contribution < 1.29 is 33.7 Å². The van der Waals surface area contributed by atoms with Gasteiger partial charge in [0.2, 0.25) is 11.5 Å². The predicted octanol–water partition coefficient (Wildman–Crippen LogP) is 1.40. The Morgan fingerprint density at radius 2 is 1.71 bits per heavy atom. The molecule has 1 N–H and O–H groups in total. The zero-order chi connectivity index (χ0) is 16.0. The molecule has 0 aliphatic carbocycles. The van der Waals surface area contributed by atoms with E-state index in [1.54, 1.807) is 0 Å². The fraction of sp³-hybridized carbons (Fsp3) is 0.0714. The van der Waals surface area contributed by atoms with E-state index in [0.717, 1.165) is 18.2 Å². The van der Waals surface area contributed by atoms with Gasteiger partial charge < -0.3 is 19.3 Å². The Hall–Kier alpha value is -3.09. The molecule has 0 atom stereocenters. The van der Waals surface area contributed by atoms with Crippen molar-refractivity contribution in [2.75, 3.05) is 7.11 Å². The normalized spacial score (nSPS) is 9.38. The van der Waals surface area contributed by atoms with Crippen molar-refractivity contribution in [3.8, 4) is 23.0 Å². The largest absolute Gasteiger partial charge is 0.502 e. The number of hydrogen-bond donors (Lipinski definition) is 1. The lowest BCUT2D eigenvalue weighted by molar-refractivity contribution is -0.130. The van der Waals surface area contributed by atoms with E-state index >= 15 is 0 Å². The minimum Gasteiger partial charge on any atom is -0.502 e. The van der Waals surface area contributed by atoms with Gasteiger partial charge in [0.15, 0.2) is 17.8 Å². The molecule has 0 aliphatic heterocycles. The standard InChI is InChI=1S/C14H12O7/c1-4-10(16)20-9-6-8(7-15)13(21-11(17)5-2)14(19-3)12(9)18/h4-7,18H,1-2H2,3H3. The van der Waals surface area contributed by atoms with E-state index in [1.165, 1.54) is 7.11 Å². The number of aldehydes is 1. The summed E-state index contributed by atoms with van der Waals surface area (Å²) in [4.78, 5) is 33.5. The molecule has 0 bridgehead atoms. The maximum atomic E-state index is 11.2. The first-order chi connectivity index (χ1) is 9.98. The van der Waals surface area contributed by atoms with Crippen molar-refractivity contribution in [1.82, 2.24) is 0 Å². The first kappa shape index (κ1) is 16.0. The molecule has 0 unspecified atom stereocenters. The topological polar surface area (TPSA) is 99.1 Å². The van der Waals surface area contributed by atoms with E-state index in [1.807, 2.05) is 0 Å². The van der Waals surface area contributed by atoms with Crippen LogP contribution in [-0.4, -0.2) is 30.4 Å². The van der Waals surface area contributed by atoms with Crippen LogP contribution in [-0.2, 0) is 9.59 Å². The van der Waals surface area contributed by atoms with Crippen LogP contribution < -0.4 is 14.2 Å². The molecule has 7 nitrogen and oxygen atoms in total. The highest BCUT2D eigenvalue weighted by molar-refractivity contribution is 5.91. The van der Waals surface area contributed by atoms with Gasteiger partial charge in [-0.05, 0) is 6.07 Å². The van der Waals surface area contributed by atoms with E-state index in [0.29, 0.717) is 6.29 Å². The number of rotatable bonds is 6. The van der Waals surface area contributed by atoms with Gasteiger partial charge in [-0.3, -0.25) is 4.79 Å². The monoisotopic (exact) mass is 292 g/mol. The summed E-state index contributed by atoms with van der Waals surface area (Å²) in [6.45, 7) is 6.41. The molecule has 0 heterocycles. The van der Waals surface area contributed by atoms with Gasteiger partial charge in [0.1, 0.15) is 0 Å². The maximum Gasteiger partial charge on any atom is 0.335 e. The number of esters is 2. The minimum absolute atomic E-state index is 0.160. The van der Waals surface area contributed by atoms with Crippen molar-refractivity contribution in [2.24, 2.45) is 0 Å². The average molecular weight is 292 g/mol. The molecule has 1 aromatic carbocycles. The fourth-order valence-corrected chi connectivity index (χ4v) is 1.38. The second kappa shape index (κ2) is 6.90. The summed E-state index contributed by atoms with van der Waals surface area (Å²) in [7, 11) is 1.17. The Kier molecular flexibility index (Phi) is 5.24. The van der Waals surface area contributed by atoms with Gasteiger partial charge in [-0.25, -0.2) is 9.59 Å². The first-order valence-corrected chi connectivity index (χ1v) is 5.56. The number of carbonyl (C=O) groups excluding carboxylic acids is 3. The maximum absolute atomic E-state index is 11.2. The van der Waals surface area contributed by atoms with Crippen LogP contribution in [0.15, 0.2) is 31.4 Å². The molecule has 7 heteroatoms. The van der Waals surface area contributed by atoms with Crippen molar-refractivity contribution in [3.05, 3.63) is 36.9 Å². The van der Waals surface area contributed by atoms with Crippen LogP contribution in [0.1, 0.15) is 10.4 Å². The van der Waals surface area contributed by atoms with Crippen LogP contribution in [0, 0.1) is 0 Å². The van der Waals surface area contributed by atoms with E-state index < -0.39 is 17.7 Å². The summed E-state index contributed by atoms with van der Waals surface area (Å²) < 4.78 is 14.5. The third kappa shape index (κ3) is 3.47. The Labute approximate surface area is 120 Å². The van der Waals surface area contributed by atoms with E-state index in [2.05, 4.69) is 13.2 Å². The molecule has 110 valence electrons. The van der Waals surface area contributed by atoms with Gasteiger partial charge in [0.05, 0.1) is 12.7 Å². The van der Waals surface area contributed by atoms with Crippen molar-refractivity contribution in [2.45, 2.75) is 0 Å². The lowest BCUT2D eigenvalue weighted by atomic mass is 10.1. The van der Waals surface area contributed by atoms with E-state index in [4.69, 9.17) is 14.2 Å². The number of hydrogen-bond acceptors (Lipinski definition) is 7. The molecule has 0 saturated heterocycles. The van der Waals surface area contributed by atoms with Gasteiger partial charge in [0, 0.05) is 12.2 Å². The lowest BCUT2D eigenvalue weighted by Crippen LogP contribution is -2.09. The van der Waals surface area contributed by atoms with Gasteiger partial charge in [-0.15, -0.1) is 0 Å². The zero-order valence-electron chi connectivity index (χ0n) is 11.1. The summed E-state index contributed by atoms with van der Waals surface area (Å²) >= 11 is 0. The molecule has 0 spiro atoms.